The summed E-state index contributed by atoms with van der Waals surface area (Å²) in [6, 6.07) is 29.8. The number of rotatable bonds is 14. The maximum absolute atomic E-state index is 14.5. The van der Waals surface area contributed by atoms with Crippen LogP contribution in [-0.4, -0.2) is 50.9 Å². The number of amides is 2. The predicted octanol–water partition coefficient (Wildman–Crippen LogP) is 6.10. The fraction of sp³-hybridized carbons (Fsp3) is 0.257. The van der Waals surface area contributed by atoms with Crippen molar-refractivity contribution < 1.29 is 22.7 Å². The number of hydrogen-bond acceptors (Lipinski definition) is 5. The third-order valence-electron chi connectivity index (χ3n) is 7.47. The van der Waals surface area contributed by atoms with Crippen molar-refractivity contribution in [2.75, 3.05) is 18.0 Å². The molecular formula is C35H38ClN3O5S. The van der Waals surface area contributed by atoms with Crippen molar-refractivity contribution in [3.8, 4) is 5.75 Å². The van der Waals surface area contributed by atoms with Gasteiger partial charge in [-0.25, -0.2) is 8.42 Å². The summed E-state index contributed by atoms with van der Waals surface area (Å²) < 4.78 is 34.5. The molecule has 0 radical (unpaired) electrons. The molecule has 0 spiro atoms. The zero-order chi connectivity index (χ0) is 32.4. The van der Waals surface area contributed by atoms with E-state index in [9.17, 15) is 18.0 Å². The van der Waals surface area contributed by atoms with Gasteiger partial charge in [0.1, 0.15) is 18.3 Å². The molecule has 1 N–H and O–H groups in total. The Balaban J connectivity index is 1.81. The number of carbonyl (C=O) groups excluding carboxylic acids is 2. The summed E-state index contributed by atoms with van der Waals surface area (Å²) in [6.07, 6.45) is 0.924. The molecule has 2 atom stereocenters. The van der Waals surface area contributed by atoms with Crippen LogP contribution in [0.5, 0.6) is 5.75 Å². The van der Waals surface area contributed by atoms with Gasteiger partial charge in [0, 0.05) is 24.0 Å². The van der Waals surface area contributed by atoms with Gasteiger partial charge in [0.15, 0.2) is 0 Å². The van der Waals surface area contributed by atoms with E-state index in [4.69, 9.17) is 16.3 Å². The number of carbonyl (C=O) groups is 2. The molecule has 0 bridgehead atoms. The second kappa shape index (κ2) is 15.6. The highest BCUT2D eigenvalue weighted by molar-refractivity contribution is 7.92. The van der Waals surface area contributed by atoms with Crippen LogP contribution in [-0.2, 0) is 32.6 Å². The molecule has 4 aromatic carbocycles. The van der Waals surface area contributed by atoms with Crippen molar-refractivity contribution in [1.29, 1.82) is 0 Å². The van der Waals surface area contributed by atoms with Crippen LogP contribution in [0.3, 0.4) is 0 Å². The number of benzene rings is 4. The minimum atomic E-state index is -4.20. The van der Waals surface area contributed by atoms with E-state index in [-0.39, 0.29) is 35.5 Å². The molecule has 4 aromatic rings. The van der Waals surface area contributed by atoms with Crippen LogP contribution in [0, 0.1) is 0 Å². The highest BCUT2D eigenvalue weighted by Crippen LogP contribution is 2.27. The third-order valence-corrected chi connectivity index (χ3v) is 9.49. The zero-order valence-electron chi connectivity index (χ0n) is 25.6. The highest BCUT2D eigenvalue weighted by Gasteiger charge is 2.35. The number of anilines is 1. The van der Waals surface area contributed by atoms with Crippen LogP contribution in [0.15, 0.2) is 114 Å². The number of halogens is 1. The molecule has 0 unspecified atom stereocenters. The predicted molar refractivity (Wildman–Crippen MR) is 178 cm³/mol. The van der Waals surface area contributed by atoms with Crippen molar-refractivity contribution in [1.82, 2.24) is 10.2 Å². The molecule has 4 rings (SSSR count). The van der Waals surface area contributed by atoms with E-state index >= 15 is 0 Å². The largest absolute Gasteiger partial charge is 0.497 e. The summed E-state index contributed by atoms with van der Waals surface area (Å²) in [7, 11) is -2.65. The minimum Gasteiger partial charge on any atom is -0.497 e. The topological polar surface area (TPSA) is 96.0 Å². The molecule has 8 nitrogen and oxygen atoms in total. The van der Waals surface area contributed by atoms with E-state index < -0.39 is 28.5 Å². The van der Waals surface area contributed by atoms with Crippen LogP contribution in [0.25, 0.3) is 0 Å². The molecule has 2 amide bonds. The fourth-order valence-electron chi connectivity index (χ4n) is 4.84. The summed E-state index contributed by atoms with van der Waals surface area (Å²) in [6.45, 7) is 3.34. The summed E-state index contributed by atoms with van der Waals surface area (Å²) >= 11 is 6.28. The van der Waals surface area contributed by atoms with Crippen LogP contribution < -0.4 is 14.4 Å². The Morgan fingerprint density at radius 1 is 0.867 bits per heavy atom. The molecule has 0 saturated carbocycles. The number of hydrogen-bond donors (Lipinski definition) is 1. The average molecular weight is 648 g/mol. The van der Waals surface area contributed by atoms with Crippen molar-refractivity contribution >= 4 is 39.1 Å². The van der Waals surface area contributed by atoms with Gasteiger partial charge in [0.2, 0.25) is 11.8 Å². The number of ether oxygens (including phenoxy) is 1. The highest BCUT2D eigenvalue weighted by atomic mass is 35.5. The Morgan fingerprint density at radius 3 is 2.16 bits per heavy atom. The normalized spacial score (nSPS) is 12.5. The van der Waals surface area contributed by atoms with Crippen LogP contribution >= 0.6 is 11.6 Å². The lowest BCUT2D eigenvalue weighted by Gasteiger charge is -2.34. The van der Waals surface area contributed by atoms with E-state index in [1.54, 1.807) is 61.7 Å². The first-order chi connectivity index (χ1) is 21.6. The van der Waals surface area contributed by atoms with Crippen molar-refractivity contribution in [2.45, 2.75) is 50.2 Å². The quantitative estimate of drug-likeness (QED) is 0.179. The van der Waals surface area contributed by atoms with Crippen molar-refractivity contribution in [2.24, 2.45) is 0 Å². The Morgan fingerprint density at radius 2 is 1.51 bits per heavy atom. The van der Waals surface area contributed by atoms with Crippen LogP contribution in [0.1, 0.15) is 31.4 Å². The Bertz CT molecular complexity index is 1690. The van der Waals surface area contributed by atoms with E-state index in [2.05, 4.69) is 5.32 Å². The number of methoxy groups -OCH3 is 1. The second-order valence-corrected chi connectivity index (χ2v) is 13.0. The van der Waals surface area contributed by atoms with E-state index in [0.717, 1.165) is 15.4 Å². The van der Waals surface area contributed by atoms with Crippen LogP contribution in [0.2, 0.25) is 5.02 Å². The summed E-state index contributed by atoms with van der Waals surface area (Å²) in [5.74, 6) is -0.294. The first-order valence-electron chi connectivity index (χ1n) is 14.7. The lowest BCUT2D eigenvalue weighted by Crippen LogP contribution is -2.54. The van der Waals surface area contributed by atoms with Gasteiger partial charge in [-0.3, -0.25) is 13.9 Å². The lowest BCUT2D eigenvalue weighted by atomic mass is 10.0. The van der Waals surface area contributed by atoms with Crippen molar-refractivity contribution in [3.05, 3.63) is 125 Å². The Kier molecular flexibility index (Phi) is 11.6. The molecule has 0 aliphatic heterocycles. The average Bonchev–Trinajstić information content (AvgIpc) is 3.05. The minimum absolute atomic E-state index is 0.0208. The molecule has 0 fully saturated rings. The monoisotopic (exact) mass is 647 g/mol. The zero-order valence-corrected chi connectivity index (χ0v) is 27.2. The number of nitrogens with zero attached hydrogens (tertiary/aromatic N) is 2. The second-order valence-electron chi connectivity index (χ2n) is 10.7. The first-order valence-corrected chi connectivity index (χ1v) is 16.5. The van der Waals surface area contributed by atoms with Gasteiger partial charge in [-0.15, -0.1) is 0 Å². The maximum atomic E-state index is 14.5. The lowest BCUT2D eigenvalue weighted by molar-refractivity contribution is -0.140. The van der Waals surface area contributed by atoms with Gasteiger partial charge in [-0.1, -0.05) is 85.3 Å². The molecule has 0 saturated heterocycles. The molecule has 236 valence electrons. The van der Waals surface area contributed by atoms with Gasteiger partial charge in [-0.05, 0) is 66.9 Å². The third kappa shape index (κ3) is 8.86. The van der Waals surface area contributed by atoms with Crippen LogP contribution in [0.4, 0.5) is 5.69 Å². The van der Waals surface area contributed by atoms with Gasteiger partial charge >= 0.3 is 0 Å². The van der Waals surface area contributed by atoms with Crippen molar-refractivity contribution in [3.63, 3.8) is 0 Å². The summed E-state index contributed by atoms with van der Waals surface area (Å²) in [5, 5.41) is 3.35. The SMILES string of the molecule is CC[C@H](C)NC(=O)[C@@H](Cc1ccccc1)N(Cc1cccc(OC)c1)C(=O)CN(c1cccc(Cl)c1)S(=O)(=O)c1ccccc1. The van der Waals surface area contributed by atoms with E-state index in [1.165, 1.54) is 23.1 Å². The fourth-order valence-corrected chi connectivity index (χ4v) is 6.45. The maximum Gasteiger partial charge on any atom is 0.264 e. The van der Waals surface area contributed by atoms with E-state index in [0.29, 0.717) is 17.2 Å². The van der Waals surface area contributed by atoms with Gasteiger partial charge in [0.25, 0.3) is 10.0 Å². The molecule has 45 heavy (non-hydrogen) atoms. The summed E-state index contributed by atoms with van der Waals surface area (Å²) in [4.78, 5) is 29.9. The number of sulfonamides is 1. The summed E-state index contributed by atoms with van der Waals surface area (Å²) in [5.41, 5.74) is 1.80. The molecule has 0 aliphatic carbocycles. The van der Waals surface area contributed by atoms with Gasteiger partial charge in [-0.2, -0.15) is 0 Å². The van der Waals surface area contributed by atoms with Gasteiger partial charge in [0.05, 0.1) is 17.7 Å². The molecule has 0 aromatic heterocycles. The van der Waals surface area contributed by atoms with E-state index in [1.807, 2.05) is 50.2 Å². The number of nitrogens with one attached hydrogen (secondary N) is 1. The standard InChI is InChI=1S/C35H38ClN3O5S/c1-4-26(2)37-35(41)33(22-27-13-7-5-8-14-27)38(24-28-15-11-18-31(21-28)44-3)34(40)25-39(30-17-12-16-29(36)23-30)45(42,43)32-19-9-6-10-20-32/h5-21,23,26,33H,4,22,24-25H2,1-3H3,(H,37,41)/t26-,33+/m0/s1. The molecule has 0 heterocycles. The molecular weight excluding hydrogens is 610 g/mol. The van der Waals surface area contributed by atoms with Gasteiger partial charge < -0.3 is 15.0 Å². The Hall–Kier alpha value is -4.34. The smallest absolute Gasteiger partial charge is 0.264 e. The first kappa shape index (κ1) is 33.6. The molecule has 0 aliphatic rings. The molecule has 10 heteroatoms. The Labute approximate surface area is 270 Å².